The first-order valence-corrected chi connectivity index (χ1v) is 5.48. The van der Waals surface area contributed by atoms with Gasteiger partial charge >= 0.3 is 0 Å². The third-order valence-electron chi connectivity index (χ3n) is 2.56. The number of amides is 1. The Morgan fingerprint density at radius 3 is 2.94 bits per heavy atom. The Hall–Kier alpha value is -1.47. The first kappa shape index (κ1) is 12.0. The number of nitrogens with one attached hydrogen (secondary N) is 2. The van der Waals surface area contributed by atoms with Gasteiger partial charge in [0.25, 0.3) is 0 Å². The largest absolute Gasteiger partial charge is 0.363 e. The zero-order valence-corrected chi connectivity index (χ0v) is 9.95. The molecule has 1 fully saturated rings. The van der Waals surface area contributed by atoms with Crippen LogP contribution in [0.25, 0.3) is 0 Å². The summed E-state index contributed by atoms with van der Waals surface area (Å²) < 4.78 is 10.3. The van der Waals surface area contributed by atoms with Crippen LogP contribution in [0, 0.1) is 6.92 Å². The van der Waals surface area contributed by atoms with E-state index < -0.39 is 0 Å². The van der Waals surface area contributed by atoms with Gasteiger partial charge in [-0.2, -0.15) is 4.98 Å². The molecule has 0 saturated carbocycles. The van der Waals surface area contributed by atoms with Crippen LogP contribution in [0.1, 0.15) is 18.6 Å². The second-order valence-corrected chi connectivity index (χ2v) is 4.35. The molecular weight excluding hydrogens is 224 g/mol. The van der Waals surface area contributed by atoms with Crippen molar-refractivity contribution in [2.45, 2.75) is 26.0 Å². The number of aryl methyl sites for hydroxylation is 1. The molecule has 1 aromatic heterocycles. The predicted octanol–water partition coefficient (Wildman–Crippen LogP) is -0.627. The summed E-state index contributed by atoms with van der Waals surface area (Å²) in [6, 6.07) is 0. The van der Waals surface area contributed by atoms with Crippen LogP contribution >= 0.6 is 0 Å². The van der Waals surface area contributed by atoms with E-state index in [2.05, 4.69) is 20.8 Å². The van der Waals surface area contributed by atoms with Crippen LogP contribution < -0.4 is 10.6 Å². The Morgan fingerprint density at radius 1 is 1.65 bits per heavy atom. The summed E-state index contributed by atoms with van der Waals surface area (Å²) in [4.78, 5) is 15.4. The van der Waals surface area contributed by atoms with E-state index in [1.807, 2.05) is 6.92 Å². The highest BCUT2D eigenvalue weighted by atomic mass is 16.5. The summed E-state index contributed by atoms with van der Waals surface area (Å²) in [7, 11) is 0. The lowest BCUT2D eigenvalue weighted by molar-refractivity contribution is -0.136. The molecule has 0 bridgehead atoms. The molecule has 1 aliphatic rings. The standard InChI is InChI=1S/C10H16N4O3/c1-7-13-9(17-14-7)3-12-8(15)4-16-10(2)5-11-6-10/h11H,3-6H2,1-2H3,(H,12,15). The fourth-order valence-electron chi connectivity index (χ4n) is 1.46. The van der Waals surface area contributed by atoms with E-state index in [0.717, 1.165) is 13.1 Å². The molecule has 2 rings (SSSR count). The first-order chi connectivity index (χ1) is 8.07. The molecule has 17 heavy (non-hydrogen) atoms. The van der Waals surface area contributed by atoms with E-state index in [9.17, 15) is 4.79 Å². The van der Waals surface area contributed by atoms with Gasteiger partial charge in [-0.15, -0.1) is 0 Å². The Kier molecular flexibility index (Phi) is 3.39. The highest BCUT2D eigenvalue weighted by Crippen LogP contribution is 2.14. The molecule has 1 aromatic rings. The van der Waals surface area contributed by atoms with Crippen LogP contribution in [0.15, 0.2) is 4.52 Å². The minimum absolute atomic E-state index is 0.0469. The number of ether oxygens (including phenoxy) is 1. The van der Waals surface area contributed by atoms with Crippen LogP contribution in [-0.2, 0) is 16.1 Å². The third kappa shape index (κ3) is 3.24. The zero-order chi connectivity index (χ0) is 12.3. The summed E-state index contributed by atoms with van der Waals surface area (Å²) in [5.74, 6) is 0.764. The molecule has 1 saturated heterocycles. The Morgan fingerprint density at radius 2 is 2.41 bits per heavy atom. The minimum Gasteiger partial charge on any atom is -0.363 e. The highest BCUT2D eigenvalue weighted by molar-refractivity contribution is 5.77. The van der Waals surface area contributed by atoms with E-state index >= 15 is 0 Å². The van der Waals surface area contributed by atoms with E-state index in [4.69, 9.17) is 9.26 Å². The van der Waals surface area contributed by atoms with Crippen molar-refractivity contribution in [3.8, 4) is 0 Å². The molecule has 0 unspecified atom stereocenters. The summed E-state index contributed by atoms with van der Waals surface area (Å²) >= 11 is 0. The van der Waals surface area contributed by atoms with Gasteiger partial charge in [0.15, 0.2) is 5.82 Å². The van der Waals surface area contributed by atoms with E-state index in [-0.39, 0.29) is 24.7 Å². The number of rotatable bonds is 5. The number of hydrogen-bond acceptors (Lipinski definition) is 6. The molecule has 1 amide bonds. The lowest BCUT2D eigenvalue weighted by Crippen LogP contribution is -2.59. The average molecular weight is 240 g/mol. The molecule has 0 atom stereocenters. The monoisotopic (exact) mass is 240 g/mol. The lowest BCUT2D eigenvalue weighted by Gasteiger charge is -2.38. The lowest BCUT2D eigenvalue weighted by atomic mass is 10.0. The quantitative estimate of drug-likeness (QED) is 0.712. The van der Waals surface area contributed by atoms with Crippen molar-refractivity contribution in [1.29, 1.82) is 0 Å². The minimum atomic E-state index is -0.210. The molecule has 7 heteroatoms. The fourth-order valence-corrected chi connectivity index (χ4v) is 1.46. The van der Waals surface area contributed by atoms with Gasteiger partial charge in [0.2, 0.25) is 11.8 Å². The van der Waals surface area contributed by atoms with Crippen molar-refractivity contribution >= 4 is 5.91 Å². The summed E-state index contributed by atoms with van der Waals surface area (Å²) in [5.41, 5.74) is -0.210. The molecule has 0 spiro atoms. The Bertz CT molecular complexity index is 400. The molecule has 1 aliphatic heterocycles. The maximum atomic E-state index is 11.5. The summed E-state index contributed by atoms with van der Waals surface area (Å²) in [6.07, 6.45) is 0. The average Bonchev–Trinajstić information content (AvgIpc) is 2.67. The molecule has 94 valence electrons. The molecule has 0 aromatic carbocycles. The number of carbonyl (C=O) groups is 1. The zero-order valence-electron chi connectivity index (χ0n) is 9.95. The first-order valence-electron chi connectivity index (χ1n) is 5.48. The molecule has 0 radical (unpaired) electrons. The second kappa shape index (κ2) is 4.80. The van der Waals surface area contributed by atoms with Gasteiger partial charge in [0.05, 0.1) is 12.1 Å². The van der Waals surface area contributed by atoms with Gasteiger partial charge in [0.1, 0.15) is 6.61 Å². The SMILES string of the molecule is Cc1noc(CNC(=O)COC2(C)CNC2)n1. The third-order valence-corrected chi connectivity index (χ3v) is 2.56. The molecule has 7 nitrogen and oxygen atoms in total. The topological polar surface area (TPSA) is 89.3 Å². The van der Waals surface area contributed by atoms with Gasteiger partial charge in [-0.3, -0.25) is 4.79 Å². The molecule has 2 heterocycles. The smallest absolute Gasteiger partial charge is 0.246 e. The number of carbonyl (C=O) groups excluding carboxylic acids is 1. The predicted molar refractivity (Wildman–Crippen MR) is 58.1 cm³/mol. The number of hydrogen-bond donors (Lipinski definition) is 2. The van der Waals surface area contributed by atoms with Crippen molar-refractivity contribution in [2.75, 3.05) is 19.7 Å². The second-order valence-electron chi connectivity index (χ2n) is 4.35. The summed E-state index contributed by atoms with van der Waals surface area (Å²) in [5, 5.41) is 9.37. The number of aromatic nitrogens is 2. The maximum absolute atomic E-state index is 11.5. The van der Waals surface area contributed by atoms with Crippen molar-refractivity contribution in [1.82, 2.24) is 20.8 Å². The van der Waals surface area contributed by atoms with Gasteiger partial charge < -0.3 is 19.9 Å². The van der Waals surface area contributed by atoms with Crippen LogP contribution in [0.2, 0.25) is 0 Å². The van der Waals surface area contributed by atoms with Crippen molar-refractivity contribution in [3.05, 3.63) is 11.7 Å². The van der Waals surface area contributed by atoms with Crippen LogP contribution in [0.5, 0.6) is 0 Å². The van der Waals surface area contributed by atoms with Crippen molar-refractivity contribution < 1.29 is 14.1 Å². The van der Waals surface area contributed by atoms with Gasteiger partial charge in [-0.25, -0.2) is 0 Å². The molecule has 0 aliphatic carbocycles. The normalized spacial score (nSPS) is 17.5. The Labute approximate surface area is 98.9 Å². The molecule has 2 N–H and O–H groups in total. The summed E-state index contributed by atoms with van der Waals surface area (Å²) in [6.45, 7) is 5.54. The highest BCUT2D eigenvalue weighted by Gasteiger charge is 2.32. The maximum Gasteiger partial charge on any atom is 0.246 e. The fraction of sp³-hybridized carbons (Fsp3) is 0.700. The van der Waals surface area contributed by atoms with Crippen molar-refractivity contribution in [3.63, 3.8) is 0 Å². The van der Waals surface area contributed by atoms with Gasteiger partial charge in [-0.05, 0) is 13.8 Å². The molecular formula is C10H16N4O3. The van der Waals surface area contributed by atoms with E-state index in [1.165, 1.54) is 0 Å². The van der Waals surface area contributed by atoms with Crippen LogP contribution in [-0.4, -0.2) is 41.3 Å². The van der Waals surface area contributed by atoms with Gasteiger partial charge in [0, 0.05) is 13.1 Å². The Balaban J connectivity index is 1.67. The van der Waals surface area contributed by atoms with Crippen LogP contribution in [0.3, 0.4) is 0 Å². The van der Waals surface area contributed by atoms with Crippen molar-refractivity contribution in [2.24, 2.45) is 0 Å². The van der Waals surface area contributed by atoms with E-state index in [0.29, 0.717) is 11.7 Å². The number of nitrogens with zero attached hydrogens (tertiary/aromatic N) is 2. The van der Waals surface area contributed by atoms with E-state index in [1.54, 1.807) is 6.92 Å². The van der Waals surface area contributed by atoms with Crippen LogP contribution in [0.4, 0.5) is 0 Å². The van der Waals surface area contributed by atoms with Gasteiger partial charge in [-0.1, -0.05) is 5.16 Å².